The van der Waals surface area contributed by atoms with Crippen molar-refractivity contribution < 1.29 is 26.7 Å². The molecule has 138 valence electrons. The van der Waals surface area contributed by atoms with Gasteiger partial charge in [-0.15, -0.1) is 0 Å². The molecule has 0 saturated carbocycles. The lowest BCUT2D eigenvalue weighted by Gasteiger charge is -2.36. The van der Waals surface area contributed by atoms with Crippen molar-refractivity contribution in [2.45, 2.75) is 17.7 Å². The highest BCUT2D eigenvalue weighted by molar-refractivity contribution is 7.89. The highest BCUT2D eigenvalue weighted by Gasteiger charge is 2.35. The number of benzene rings is 1. The van der Waals surface area contributed by atoms with E-state index in [1.807, 2.05) is 0 Å². The average molecular weight is 374 g/mol. The maximum absolute atomic E-state index is 13.8. The van der Waals surface area contributed by atoms with E-state index in [2.05, 4.69) is 0 Å². The van der Waals surface area contributed by atoms with E-state index in [-0.39, 0.29) is 38.0 Å². The third kappa shape index (κ3) is 3.68. The van der Waals surface area contributed by atoms with Gasteiger partial charge in [0.15, 0.2) is 4.90 Å². The topological polar surface area (TPSA) is 66.9 Å². The highest BCUT2D eigenvalue weighted by Crippen LogP contribution is 2.24. The van der Waals surface area contributed by atoms with Gasteiger partial charge in [0.1, 0.15) is 11.6 Å². The highest BCUT2D eigenvalue weighted by atomic mass is 32.2. The molecule has 2 saturated heterocycles. The van der Waals surface area contributed by atoms with Crippen LogP contribution in [0.2, 0.25) is 0 Å². The Labute approximate surface area is 145 Å². The molecule has 2 heterocycles. The minimum atomic E-state index is -4.27. The first kappa shape index (κ1) is 18.2. The normalized spacial score (nSPS) is 20.6. The van der Waals surface area contributed by atoms with E-state index in [0.717, 1.165) is 22.5 Å². The minimum absolute atomic E-state index is 0.00239. The molecular formula is C16H20F2N2O4S. The Balaban J connectivity index is 1.68. The van der Waals surface area contributed by atoms with Crippen LogP contribution in [-0.2, 0) is 19.6 Å². The molecular weight excluding hydrogens is 354 g/mol. The zero-order chi connectivity index (χ0) is 18.0. The first-order valence-electron chi connectivity index (χ1n) is 8.22. The molecule has 1 aromatic rings. The number of rotatable bonds is 3. The SMILES string of the molecule is O=C(C1CCOCC1)N1CCN(S(=O)(=O)c2c(F)cccc2F)CC1. The largest absolute Gasteiger partial charge is 0.381 e. The van der Waals surface area contributed by atoms with Crippen LogP contribution in [-0.4, -0.2) is 62.9 Å². The van der Waals surface area contributed by atoms with Crippen molar-refractivity contribution in [2.24, 2.45) is 5.92 Å². The molecule has 0 spiro atoms. The van der Waals surface area contributed by atoms with Gasteiger partial charge in [0, 0.05) is 45.3 Å². The summed E-state index contributed by atoms with van der Waals surface area (Å²) in [7, 11) is -4.27. The fourth-order valence-corrected chi connectivity index (χ4v) is 4.74. The van der Waals surface area contributed by atoms with Crippen LogP contribution in [0.3, 0.4) is 0 Å². The predicted octanol–water partition coefficient (Wildman–Crippen LogP) is 1.22. The number of ether oxygens (including phenoxy) is 1. The lowest BCUT2D eigenvalue weighted by Crippen LogP contribution is -2.52. The van der Waals surface area contributed by atoms with Crippen LogP contribution in [0.4, 0.5) is 8.78 Å². The minimum Gasteiger partial charge on any atom is -0.381 e. The summed E-state index contributed by atoms with van der Waals surface area (Å²) < 4.78 is 59.0. The molecule has 0 N–H and O–H groups in total. The van der Waals surface area contributed by atoms with Crippen molar-refractivity contribution in [3.8, 4) is 0 Å². The zero-order valence-corrected chi connectivity index (χ0v) is 14.5. The van der Waals surface area contributed by atoms with Crippen molar-refractivity contribution >= 4 is 15.9 Å². The van der Waals surface area contributed by atoms with Gasteiger partial charge in [-0.1, -0.05) is 6.07 Å². The fraction of sp³-hybridized carbons (Fsp3) is 0.562. The summed E-state index contributed by atoms with van der Waals surface area (Å²) in [4.78, 5) is 13.2. The average Bonchev–Trinajstić information content (AvgIpc) is 2.61. The Hall–Kier alpha value is -1.58. The summed E-state index contributed by atoms with van der Waals surface area (Å²) >= 11 is 0. The van der Waals surface area contributed by atoms with E-state index in [9.17, 15) is 22.0 Å². The number of carbonyl (C=O) groups is 1. The van der Waals surface area contributed by atoms with Crippen molar-refractivity contribution in [3.63, 3.8) is 0 Å². The fourth-order valence-electron chi connectivity index (χ4n) is 3.21. The molecule has 2 aliphatic heterocycles. The van der Waals surface area contributed by atoms with Crippen LogP contribution < -0.4 is 0 Å². The molecule has 0 aliphatic carbocycles. The van der Waals surface area contributed by atoms with Gasteiger partial charge in [0.05, 0.1) is 0 Å². The smallest absolute Gasteiger partial charge is 0.249 e. The molecule has 0 bridgehead atoms. The van der Waals surface area contributed by atoms with Gasteiger partial charge in [-0.05, 0) is 25.0 Å². The van der Waals surface area contributed by atoms with Crippen molar-refractivity contribution in [2.75, 3.05) is 39.4 Å². The molecule has 25 heavy (non-hydrogen) atoms. The quantitative estimate of drug-likeness (QED) is 0.798. The summed E-state index contributed by atoms with van der Waals surface area (Å²) in [5, 5.41) is 0. The summed E-state index contributed by atoms with van der Waals surface area (Å²) in [6.45, 7) is 1.57. The second-order valence-corrected chi connectivity index (χ2v) is 8.04. The van der Waals surface area contributed by atoms with E-state index < -0.39 is 26.6 Å². The number of piperazine rings is 1. The molecule has 3 rings (SSSR count). The van der Waals surface area contributed by atoms with Gasteiger partial charge in [0.2, 0.25) is 15.9 Å². The maximum atomic E-state index is 13.8. The number of sulfonamides is 1. The number of halogens is 2. The van der Waals surface area contributed by atoms with Crippen LogP contribution in [0, 0.1) is 17.6 Å². The Morgan fingerprint density at radius 1 is 1.04 bits per heavy atom. The van der Waals surface area contributed by atoms with Gasteiger partial charge in [-0.3, -0.25) is 4.79 Å². The van der Waals surface area contributed by atoms with Crippen LogP contribution in [0.5, 0.6) is 0 Å². The maximum Gasteiger partial charge on any atom is 0.249 e. The number of hydrogen-bond donors (Lipinski definition) is 0. The standard InChI is InChI=1S/C16H20F2N2O4S/c17-13-2-1-3-14(18)15(13)25(22,23)20-8-6-19(7-9-20)16(21)12-4-10-24-11-5-12/h1-3,12H,4-11H2. The van der Waals surface area contributed by atoms with Crippen molar-refractivity contribution in [1.29, 1.82) is 0 Å². The number of hydrogen-bond acceptors (Lipinski definition) is 4. The molecule has 2 aliphatic rings. The summed E-state index contributed by atoms with van der Waals surface area (Å²) in [5.74, 6) is -2.32. The van der Waals surface area contributed by atoms with Gasteiger partial charge < -0.3 is 9.64 Å². The molecule has 2 fully saturated rings. The second kappa shape index (κ2) is 7.35. The van der Waals surface area contributed by atoms with Crippen LogP contribution in [0.15, 0.2) is 23.1 Å². The molecule has 6 nitrogen and oxygen atoms in total. The van der Waals surface area contributed by atoms with E-state index in [1.165, 1.54) is 0 Å². The molecule has 1 aromatic carbocycles. The Morgan fingerprint density at radius 2 is 1.60 bits per heavy atom. The summed E-state index contributed by atoms with van der Waals surface area (Å²) in [6.07, 6.45) is 1.33. The lowest BCUT2D eigenvalue weighted by atomic mass is 9.98. The monoisotopic (exact) mass is 374 g/mol. The zero-order valence-electron chi connectivity index (χ0n) is 13.7. The van der Waals surface area contributed by atoms with Gasteiger partial charge in [-0.25, -0.2) is 17.2 Å². The third-order valence-corrected chi connectivity index (χ3v) is 6.59. The number of carbonyl (C=O) groups excluding carboxylic acids is 1. The lowest BCUT2D eigenvalue weighted by molar-refractivity contribution is -0.139. The van der Waals surface area contributed by atoms with Crippen LogP contribution in [0.1, 0.15) is 12.8 Å². The second-order valence-electron chi connectivity index (χ2n) is 6.17. The number of amides is 1. The Bertz CT molecular complexity index is 722. The Morgan fingerprint density at radius 3 is 2.16 bits per heavy atom. The molecule has 0 unspecified atom stereocenters. The molecule has 9 heteroatoms. The van der Waals surface area contributed by atoms with E-state index >= 15 is 0 Å². The number of nitrogens with zero attached hydrogens (tertiary/aromatic N) is 2. The van der Waals surface area contributed by atoms with Gasteiger partial charge in [-0.2, -0.15) is 4.31 Å². The molecule has 0 aromatic heterocycles. The van der Waals surface area contributed by atoms with Gasteiger partial charge in [0.25, 0.3) is 0 Å². The van der Waals surface area contributed by atoms with Crippen molar-refractivity contribution in [3.05, 3.63) is 29.8 Å². The molecule has 0 atom stereocenters. The third-order valence-electron chi connectivity index (χ3n) is 4.64. The first-order valence-corrected chi connectivity index (χ1v) is 9.66. The van der Waals surface area contributed by atoms with Crippen LogP contribution >= 0.6 is 0 Å². The molecule has 0 radical (unpaired) electrons. The summed E-state index contributed by atoms with van der Waals surface area (Å²) in [5.41, 5.74) is 0. The van der Waals surface area contributed by atoms with Crippen LogP contribution in [0.25, 0.3) is 0 Å². The van der Waals surface area contributed by atoms with E-state index in [4.69, 9.17) is 4.74 Å². The Kier molecular flexibility index (Phi) is 5.35. The molecule has 1 amide bonds. The summed E-state index contributed by atoms with van der Waals surface area (Å²) in [6, 6.07) is 2.95. The predicted molar refractivity (Wildman–Crippen MR) is 85.2 cm³/mol. The van der Waals surface area contributed by atoms with Gasteiger partial charge >= 0.3 is 0 Å². The van der Waals surface area contributed by atoms with E-state index in [0.29, 0.717) is 26.1 Å². The van der Waals surface area contributed by atoms with Crippen molar-refractivity contribution in [1.82, 2.24) is 9.21 Å². The first-order chi connectivity index (χ1) is 11.9. The van der Waals surface area contributed by atoms with E-state index in [1.54, 1.807) is 4.90 Å².